The van der Waals surface area contributed by atoms with Gasteiger partial charge in [0.2, 0.25) is 0 Å². The van der Waals surface area contributed by atoms with E-state index >= 15 is 0 Å². The fourth-order valence-corrected chi connectivity index (χ4v) is 5.75. The van der Waals surface area contributed by atoms with Gasteiger partial charge in [0.1, 0.15) is 0 Å². The van der Waals surface area contributed by atoms with Gasteiger partial charge in [-0.05, 0) is 93.1 Å². The van der Waals surface area contributed by atoms with Gasteiger partial charge in [-0.15, -0.1) is 0 Å². The Bertz CT molecular complexity index is 1280. The van der Waals surface area contributed by atoms with Crippen LogP contribution in [-0.4, -0.2) is 55.6 Å². The molecule has 1 aliphatic rings. The number of piperidine rings is 1. The minimum absolute atomic E-state index is 0.0108. The van der Waals surface area contributed by atoms with Crippen molar-refractivity contribution in [3.63, 3.8) is 0 Å². The molecule has 0 bridgehead atoms. The maximum Gasteiger partial charge on any atom is 0.337 e. The number of halogens is 1. The number of carbonyl (C=O) groups excluding carboxylic acids is 2. The van der Waals surface area contributed by atoms with Crippen molar-refractivity contribution in [2.75, 3.05) is 31.6 Å². The Labute approximate surface area is 243 Å². The van der Waals surface area contributed by atoms with Crippen molar-refractivity contribution in [2.24, 2.45) is 0 Å². The van der Waals surface area contributed by atoms with E-state index in [0.717, 1.165) is 78.4 Å². The van der Waals surface area contributed by atoms with E-state index in [1.807, 2.05) is 74.5 Å². The highest BCUT2D eigenvalue weighted by Crippen LogP contribution is 2.27. The number of ether oxygens (including phenoxy) is 1. The molecule has 1 aliphatic heterocycles. The van der Waals surface area contributed by atoms with Gasteiger partial charge in [0, 0.05) is 54.5 Å². The highest BCUT2D eigenvalue weighted by Gasteiger charge is 2.26. The van der Waals surface area contributed by atoms with E-state index in [-0.39, 0.29) is 17.9 Å². The predicted octanol–water partition coefficient (Wildman–Crippen LogP) is 6.42. The van der Waals surface area contributed by atoms with Crippen molar-refractivity contribution in [1.82, 2.24) is 10.2 Å². The Kier molecular flexibility index (Phi) is 10.2. The first-order chi connectivity index (χ1) is 19.2. The first-order valence-corrected chi connectivity index (χ1v) is 14.4. The lowest BCUT2D eigenvalue weighted by atomic mass is 10.00. The first kappa shape index (κ1) is 29.6. The quantitative estimate of drug-likeness (QED) is 0.289. The summed E-state index contributed by atoms with van der Waals surface area (Å²) in [5.41, 5.74) is 5.58. The lowest BCUT2D eigenvalue weighted by Crippen LogP contribution is -2.46. The number of anilines is 1. The molecule has 1 atom stereocenters. The summed E-state index contributed by atoms with van der Waals surface area (Å²) in [6, 6.07) is 22.1. The van der Waals surface area contributed by atoms with Crippen molar-refractivity contribution in [2.45, 2.75) is 58.7 Å². The number of nitrogens with zero attached hydrogens (tertiary/aromatic N) is 2. The molecule has 1 amide bonds. The van der Waals surface area contributed by atoms with Crippen molar-refractivity contribution in [1.29, 1.82) is 0 Å². The zero-order valence-electron chi connectivity index (χ0n) is 24.0. The molecule has 1 saturated heterocycles. The number of benzene rings is 3. The van der Waals surface area contributed by atoms with Gasteiger partial charge in [0.15, 0.2) is 0 Å². The summed E-state index contributed by atoms with van der Waals surface area (Å²) in [7, 11) is 1.40. The number of carbonyl (C=O) groups is 2. The van der Waals surface area contributed by atoms with Crippen molar-refractivity contribution >= 4 is 29.2 Å². The van der Waals surface area contributed by atoms with Crippen LogP contribution >= 0.6 is 11.6 Å². The lowest BCUT2D eigenvalue weighted by Gasteiger charge is -2.40. The molecule has 1 N–H and O–H groups in total. The molecule has 0 aromatic heterocycles. The summed E-state index contributed by atoms with van der Waals surface area (Å²) in [6.45, 7) is 9.74. The molecule has 7 heteroatoms. The van der Waals surface area contributed by atoms with Gasteiger partial charge in [-0.3, -0.25) is 4.79 Å². The lowest BCUT2D eigenvalue weighted by molar-refractivity contribution is 0.0600. The van der Waals surface area contributed by atoms with Crippen LogP contribution in [0.4, 0.5) is 5.69 Å². The van der Waals surface area contributed by atoms with E-state index < -0.39 is 0 Å². The van der Waals surface area contributed by atoms with Crippen LogP contribution in [0.1, 0.15) is 63.6 Å². The van der Waals surface area contributed by atoms with E-state index in [4.69, 9.17) is 16.3 Å². The second kappa shape index (κ2) is 13.8. The molecule has 6 nitrogen and oxygen atoms in total. The van der Waals surface area contributed by atoms with Crippen molar-refractivity contribution < 1.29 is 14.3 Å². The third kappa shape index (κ3) is 7.64. The van der Waals surface area contributed by atoms with Gasteiger partial charge in [-0.25, -0.2) is 4.79 Å². The average molecular weight is 562 g/mol. The number of hydrogen-bond donors (Lipinski definition) is 1. The average Bonchev–Trinajstić information content (AvgIpc) is 2.95. The van der Waals surface area contributed by atoms with Gasteiger partial charge in [0.05, 0.1) is 12.7 Å². The number of esters is 1. The van der Waals surface area contributed by atoms with Crippen molar-refractivity contribution in [3.8, 4) is 0 Å². The summed E-state index contributed by atoms with van der Waals surface area (Å²) in [5.74, 6) is -0.322. The number of rotatable bonds is 10. The van der Waals surface area contributed by atoms with Crippen LogP contribution < -0.4 is 10.2 Å². The van der Waals surface area contributed by atoms with E-state index in [2.05, 4.69) is 28.1 Å². The first-order valence-electron chi connectivity index (χ1n) is 14.0. The smallest absolute Gasteiger partial charge is 0.337 e. The largest absolute Gasteiger partial charge is 0.465 e. The fraction of sp³-hybridized carbons (Fsp3) is 0.394. The highest BCUT2D eigenvalue weighted by molar-refractivity contribution is 6.30. The van der Waals surface area contributed by atoms with Gasteiger partial charge in [0.25, 0.3) is 5.91 Å². The SMILES string of the molecule is COC(=O)c1ccc(N(Cc2cccc(Cl)c2)C2CCN(CCC(C)NC(=O)c3c(C)cccc3C)CC2)cc1. The van der Waals surface area contributed by atoms with Crippen LogP contribution in [-0.2, 0) is 11.3 Å². The molecule has 212 valence electrons. The molecule has 0 radical (unpaired) electrons. The Hall–Kier alpha value is -3.35. The van der Waals surface area contributed by atoms with Gasteiger partial charge < -0.3 is 19.9 Å². The third-order valence-electron chi connectivity index (χ3n) is 7.82. The number of nitrogens with one attached hydrogen (secondary N) is 1. The maximum atomic E-state index is 12.9. The molecule has 40 heavy (non-hydrogen) atoms. The molecular weight excluding hydrogens is 522 g/mol. The molecule has 3 aromatic rings. The topological polar surface area (TPSA) is 61.9 Å². The predicted molar refractivity (Wildman–Crippen MR) is 162 cm³/mol. The summed E-state index contributed by atoms with van der Waals surface area (Å²) in [6.07, 6.45) is 2.97. The Morgan fingerprint density at radius 1 is 1.02 bits per heavy atom. The van der Waals surface area contributed by atoms with E-state index in [1.54, 1.807) is 0 Å². The summed E-state index contributed by atoms with van der Waals surface area (Å²) >= 11 is 6.29. The third-order valence-corrected chi connectivity index (χ3v) is 8.06. The second-order valence-corrected chi connectivity index (χ2v) is 11.2. The number of aryl methyl sites for hydroxylation is 2. The minimum Gasteiger partial charge on any atom is -0.465 e. The zero-order chi connectivity index (χ0) is 28.6. The monoisotopic (exact) mass is 561 g/mol. The molecule has 3 aromatic carbocycles. The number of amides is 1. The van der Waals surface area contributed by atoms with Crippen LogP contribution in [0, 0.1) is 13.8 Å². The van der Waals surface area contributed by atoms with Crippen LogP contribution in [0.5, 0.6) is 0 Å². The Balaban J connectivity index is 1.35. The second-order valence-electron chi connectivity index (χ2n) is 10.8. The zero-order valence-corrected chi connectivity index (χ0v) is 24.7. The summed E-state index contributed by atoms with van der Waals surface area (Å²) in [4.78, 5) is 29.8. The van der Waals surface area contributed by atoms with E-state index in [1.165, 1.54) is 7.11 Å². The minimum atomic E-state index is -0.333. The number of hydrogen-bond acceptors (Lipinski definition) is 5. The van der Waals surface area contributed by atoms with Crippen LogP contribution in [0.2, 0.25) is 5.02 Å². The Morgan fingerprint density at radius 2 is 1.68 bits per heavy atom. The molecule has 0 saturated carbocycles. The fourth-order valence-electron chi connectivity index (χ4n) is 5.54. The molecule has 4 rings (SSSR count). The van der Waals surface area contributed by atoms with Crippen LogP contribution in [0.3, 0.4) is 0 Å². The van der Waals surface area contributed by atoms with Crippen LogP contribution in [0.25, 0.3) is 0 Å². The van der Waals surface area contributed by atoms with Gasteiger partial charge >= 0.3 is 5.97 Å². The Morgan fingerprint density at radius 3 is 2.30 bits per heavy atom. The normalized spacial score (nSPS) is 14.9. The molecule has 0 spiro atoms. The summed E-state index contributed by atoms with van der Waals surface area (Å²) < 4.78 is 4.87. The van der Waals surface area contributed by atoms with Crippen molar-refractivity contribution in [3.05, 3.63) is 99.6 Å². The molecular formula is C33H40ClN3O3. The molecule has 1 heterocycles. The van der Waals surface area contributed by atoms with Gasteiger partial charge in [-0.2, -0.15) is 0 Å². The van der Waals surface area contributed by atoms with Gasteiger partial charge in [-0.1, -0.05) is 41.9 Å². The molecule has 1 fully saturated rings. The van der Waals surface area contributed by atoms with E-state index in [9.17, 15) is 9.59 Å². The highest BCUT2D eigenvalue weighted by atomic mass is 35.5. The maximum absolute atomic E-state index is 12.9. The number of likely N-dealkylation sites (tertiary alicyclic amines) is 1. The molecule has 0 aliphatic carbocycles. The number of methoxy groups -OCH3 is 1. The summed E-state index contributed by atoms with van der Waals surface area (Å²) in [5, 5.41) is 3.93. The standard InChI is InChI=1S/C33H40ClN3O3/c1-23-7-5-8-24(2)31(23)32(38)35-25(3)15-18-36-19-16-30(17-20-36)37(22-26-9-6-10-28(34)21-26)29-13-11-27(12-14-29)33(39)40-4/h5-14,21,25,30H,15-20,22H2,1-4H3,(H,35,38). The van der Waals surface area contributed by atoms with Crippen LogP contribution in [0.15, 0.2) is 66.7 Å². The van der Waals surface area contributed by atoms with E-state index in [0.29, 0.717) is 11.6 Å². The molecule has 1 unspecified atom stereocenters.